The van der Waals surface area contributed by atoms with E-state index in [1.807, 2.05) is 6.07 Å². The number of carboxylic acid groups (broad SMARTS) is 1. The molecule has 0 aliphatic heterocycles. The van der Waals surface area contributed by atoms with Crippen LogP contribution in [0.1, 0.15) is 81.4 Å². The lowest BCUT2D eigenvalue weighted by Gasteiger charge is -2.30. The van der Waals surface area contributed by atoms with E-state index < -0.39 is 23.4 Å². The lowest BCUT2D eigenvalue weighted by Crippen LogP contribution is -2.17. The minimum atomic E-state index is -0.993. The molecule has 1 atom stereocenters. The molecule has 3 aromatic carbocycles. The molecule has 0 heterocycles. The van der Waals surface area contributed by atoms with Crippen LogP contribution >= 0.6 is 0 Å². The second-order valence-corrected chi connectivity index (χ2v) is 11.0. The number of hydrogen-bond acceptors (Lipinski definition) is 2. The Morgan fingerprint density at radius 2 is 1.74 bits per heavy atom. The van der Waals surface area contributed by atoms with Gasteiger partial charge in [-0.05, 0) is 77.1 Å². The zero-order valence-electron chi connectivity index (χ0n) is 22.0. The Bertz CT molecular complexity index is 1280. The van der Waals surface area contributed by atoms with Gasteiger partial charge in [-0.25, -0.2) is 13.2 Å². The molecule has 6 heteroatoms. The van der Waals surface area contributed by atoms with Gasteiger partial charge in [-0.15, -0.1) is 0 Å². The first-order chi connectivity index (χ1) is 18.2. The number of hydrogen-bond donors (Lipinski definition) is 1. The van der Waals surface area contributed by atoms with Gasteiger partial charge in [0.25, 0.3) is 0 Å². The molecule has 0 bridgehead atoms. The van der Waals surface area contributed by atoms with Crippen LogP contribution in [-0.4, -0.2) is 11.1 Å². The molecule has 0 spiro atoms. The fourth-order valence-corrected chi connectivity index (χ4v) is 5.11. The molecule has 2 aliphatic rings. The smallest absolute Gasteiger partial charge is 0.303 e. The lowest BCUT2D eigenvalue weighted by molar-refractivity contribution is -0.136. The Morgan fingerprint density at radius 3 is 2.39 bits per heavy atom. The maximum Gasteiger partial charge on any atom is 0.303 e. The summed E-state index contributed by atoms with van der Waals surface area (Å²) in [4.78, 5) is 10.8. The van der Waals surface area contributed by atoms with E-state index in [0.717, 1.165) is 42.5 Å². The van der Waals surface area contributed by atoms with E-state index in [4.69, 9.17) is 9.84 Å². The number of benzene rings is 3. The summed E-state index contributed by atoms with van der Waals surface area (Å²) in [5.41, 5.74) is 2.91. The number of aryl methyl sites for hydroxylation is 1. The highest BCUT2D eigenvalue weighted by molar-refractivity contribution is 5.70. The van der Waals surface area contributed by atoms with Crippen LogP contribution in [0.4, 0.5) is 13.2 Å². The maximum atomic E-state index is 14.8. The highest BCUT2D eigenvalue weighted by Gasteiger charge is 2.37. The summed E-state index contributed by atoms with van der Waals surface area (Å²) in [6.07, 6.45) is 7.45. The monoisotopic (exact) mass is 524 g/mol. The Kier molecular flexibility index (Phi) is 8.80. The number of halogens is 3. The van der Waals surface area contributed by atoms with E-state index in [1.165, 1.54) is 31.4 Å². The first kappa shape index (κ1) is 27.7. The SMILES string of the molecule is C1CC1.CC1(C)CCCC1c1cc(COc2cccc(CCC(=O)O)c2F)ccc1-c1cc(F)ccc1F. The molecule has 1 unspecified atom stereocenters. The number of ether oxygens (including phenoxy) is 1. The van der Waals surface area contributed by atoms with Gasteiger partial charge < -0.3 is 9.84 Å². The average molecular weight is 525 g/mol. The van der Waals surface area contributed by atoms with Crippen molar-refractivity contribution in [1.82, 2.24) is 0 Å². The van der Waals surface area contributed by atoms with Crippen molar-refractivity contribution in [2.75, 3.05) is 0 Å². The molecule has 2 aliphatic carbocycles. The van der Waals surface area contributed by atoms with E-state index in [-0.39, 0.29) is 47.7 Å². The largest absolute Gasteiger partial charge is 0.486 e. The maximum absolute atomic E-state index is 14.8. The van der Waals surface area contributed by atoms with Crippen molar-refractivity contribution in [2.24, 2.45) is 5.41 Å². The van der Waals surface area contributed by atoms with Crippen molar-refractivity contribution in [2.45, 2.75) is 77.7 Å². The van der Waals surface area contributed by atoms with Crippen molar-refractivity contribution in [1.29, 1.82) is 0 Å². The highest BCUT2D eigenvalue weighted by atomic mass is 19.1. The van der Waals surface area contributed by atoms with Gasteiger partial charge in [0.15, 0.2) is 11.6 Å². The summed E-state index contributed by atoms with van der Waals surface area (Å²) >= 11 is 0. The summed E-state index contributed by atoms with van der Waals surface area (Å²) in [6.45, 7) is 4.47. The van der Waals surface area contributed by atoms with Crippen LogP contribution in [-0.2, 0) is 17.8 Å². The predicted molar refractivity (Wildman–Crippen MR) is 143 cm³/mol. The Hall–Kier alpha value is -3.28. The standard InChI is InChI=1S/C29H29F3O3.C3H6/c1-29(2)14-4-6-24(29)22-15-18(8-11-21(22)23-16-20(30)10-12-25(23)31)17-35-26-7-3-5-19(28(26)32)9-13-27(33)34;1-2-3-1/h3,5,7-8,10-12,15-16,24H,4,6,9,13-14,17H2,1-2H3,(H,33,34);1-3H2. The molecule has 0 aromatic heterocycles. The summed E-state index contributed by atoms with van der Waals surface area (Å²) in [7, 11) is 0. The van der Waals surface area contributed by atoms with Crippen LogP contribution in [0.3, 0.4) is 0 Å². The number of aliphatic carboxylic acids is 1. The zero-order chi connectivity index (χ0) is 27.3. The van der Waals surface area contributed by atoms with E-state index >= 15 is 0 Å². The second-order valence-electron chi connectivity index (χ2n) is 11.0. The van der Waals surface area contributed by atoms with Gasteiger partial charge in [0.2, 0.25) is 0 Å². The molecule has 38 heavy (non-hydrogen) atoms. The third-order valence-corrected chi connectivity index (χ3v) is 7.37. The lowest BCUT2D eigenvalue weighted by atomic mass is 9.75. The molecule has 0 saturated heterocycles. The van der Waals surface area contributed by atoms with Gasteiger partial charge in [-0.2, -0.15) is 0 Å². The second kappa shape index (κ2) is 12.1. The summed E-state index contributed by atoms with van der Waals surface area (Å²) in [5, 5.41) is 8.88. The Balaban J connectivity index is 0.00000105. The van der Waals surface area contributed by atoms with Gasteiger partial charge in [-0.1, -0.05) is 69.9 Å². The van der Waals surface area contributed by atoms with Crippen molar-refractivity contribution in [3.8, 4) is 16.9 Å². The normalized spacial score (nSPS) is 17.4. The van der Waals surface area contributed by atoms with Crippen LogP contribution in [0.2, 0.25) is 0 Å². The molecule has 2 saturated carbocycles. The minimum absolute atomic E-state index is 0.00259. The molecule has 5 rings (SSSR count). The first-order valence-electron chi connectivity index (χ1n) is 13.4. The van der Waals surface area contributed by atoms with Gasteiger partial charge in [0.05, 0.1) is 0 Å². The fourth-order valence-electron chi connectivity index (χ4n) is 5.11. The molecule has 1 N–H and O–H groups in total. The number of rotatable bonds is 8. The molecule has 0 amide bonds. The topological polar surface area (TPSA) is 46.5 Å². The van der Waals surface area contributed by atoms with Gasteiger partial charge in [0, 0.05) is 12.0 Å². The van der Waals surface area contributed by atoms with Crippen LogP contribution < -0.4 is 4.74 Å². The van der Waals surface area contributed by atoms with Crippen molar-refractivity contribution in [3.63, 3.8) is 0 Å². The van der Waals surface area contributed by atoms with Crippen LogP contribution in [0.15, 0.2) is 54.6 Å². The molecule has 2 fully saturated rings. The Labute approximate surface area is 222 Å². The van der Waals surface area contributed by atoms with Gasteiger partial charge in [0.1, 0.15) is 18.2 Å². The van der Waals surface area contributed by atoms with Crippen molar-refractivity contribution >= 4 is 5.97 Å². The summed E-state index contributed by atoms with van der Waals surface area (Å²) < 4.78 is 49.3. The summed E-state index contributed by atoms with van der Waals surface area (Å²) in [6, 6.07) is 13.7. The van der Waals surface area contributed by atoms with Gasteiger partial charge >= 0.3 is 5.97 Å². The number of carboxylic acids is 1. The average Bonchev–Trinajstić information content (AvgIpc) is 3.72. The van der Waals surface area contributed by atoms with Crippen LogP contribution in [0.5, 0.6) is 5.75 Å². The van der Waals surface area contributed by atoms with E-state index in [0.29, 0.717) is 5.56 Å². The minimum Gasteiger partial charge on any atom is -0.486 e. The fraction of sp³-hybridized carbons (Fsp3) is 0.406. The van der Waals surface area contributed by atoms with Crippen LogP contribution in [0.25, 0.3) is 11.1 Å². The first-order valence-corrected chi connectivity index (χ1v) is 13.4. The van der Waals surface area contributed by atoms with Crippen molar-refractivity contribution in [3.05, 3.63) is 88.7 Å². The van der Waals surface area contributed by atoms with Gasteiger partial charge in [-0.3, -0.25) is 4.79 Å². The van der Waals surface area contributed by atoms with E-state index in [1.54, 1.807) is 24.3 Å². The third kappa shape index (κ3) is 6.97. The summed E-state index contributed by atoms with van der Waals surface area (Å²) in [5.74, 6) is -2.32. The highest BCUT2D eigenvalue weighted by Crippen LogP contribution is 2.51. The van der Waals surface area contributed by atoms with E-state index in [2.05, 4.69) is 13.8 Å². The Morgan fingerprint density at radius 1 is 0.974 bits per heavy atom. The molecular weight excluding hydrogens is 489 g/mol. The third-order valence-electron chi connectivity index (χ3n) is 7.37. The molecule has 202 valence electrons. The molecule has 3 nitrogen and oxygen atoms in total. The molecule has 3 aromatic rings. The van der Waals surface area contributed by atoms with Crippen molar-refractivity contribution < 1.29 is 27.8 Å². The van der Waals surface area contributed by atoms with Crippen LogP contribution in [0, 0.1) is 22.9 Å². The van der Waals surface area contributed by atoms with E-state index in [9.17, 15) is 18.0 Å². The zero-order valence-corrected chi connectivity index (χ0v) is 22.0. The number of carbonyl (C=O) groups is 1. The molecular formula is C32H35F3O3. The molecule has 0 radical (unpaired) electrons. The predicted octanol–water partition coefficient (Wildman–Crippen LogP) is 8.83. The quantitative estimate of drug-likeness (QED) is 0.320.